The van der Waals surface area contributed by atoms with Crippen LogP contribution in [0, 0.1) is 17.8 Å². The van der Waals surface area contributed by atoms with Crippen molar-refractivity contribution in [1.29, 1.82) is 0 Å². The van der Waals surface area contributed by atoms with Crippen LogP contribution >= 0.6 is 12.4 Å². The van der Waals surface area contributed by atoms with E-state index in [4.69, 9.17) is 5.73 Å². The average Bonchev–Trinajstić information content (AvgIpc) is 2.82. The van der Waals surface area contributed by atoms with Crippen LogP contribution in [0.3, 0.4) is 0 Å². The third kappa shape index (κ3) is 3.08. The summed E-state index contributed by atoms with van der Waals surface area (Å²) in [5.74, 6) is 2.77. The molecule has 2 fully saturated rings. The highest BCUT2D eigenvalue weighted by molar-refractivity contribution is 5.85. The van der Waals surface area contributed by atoms with Gasteiger partial charge in [-0.25, -0.2) is 0 Å². The van der Waals surface area contributed by atoms with Crippen LogP contribution in [-0.2, 0) is 0 Å². The van der Waals surface area contributed by atoms with Crippen LogP contribution in [0.5, 0.6) is 0 Å². The maximum atomic E-state index is 5.87. The Morgan fingerprint density at radius 3 is 2.47 bits per heavy atom. The van der Waals surface area contributed by atoms with E-state index >= 15 is 0 Å². The summed E-state index contributed by atoms with van der Waals surface area (Å²) in [5, 5.41) is 0. The zero-order valence-corrected chi connectivity index (χ0v) is 10.8. The minimum atomic E-state index is 0. The monoisotopic (exact) mass is 232 g/mol. The average molecular weight is 233 g/mol. The van der Waals surface area contributed by atoms with E-state index in [-0.39, 0.29) is 12.4 Å². The fraction of sp³-hybridized carbons (Fsp3) is 1.00. The van der Waals surface area contributed by atoms with E-state index in [0.29, 0.717) is 6.04 Å². The molecule has 2 N–H and O–H groups in total. The predicted octanol–water partition coefficient (Wildman–Crippen LogP) is 2.12. The van der Waals surface area contributed by atoms with Gasteiger partial charge in [-0.2, -0.15) is 0 Å². The Labute approximate surface area is 100.0 Å². The number of nitrogens with two attached hydrogens (primary N) is 1. The fourth-order valence-corrected chi connectivity index (χ4v) is 2.90. The van der Waals surface area contributed by atoms with Gasteiger partial charge in [0.1, 0.15) is 0 Å². The lowest BCUT2D eigenvalue weighted by atomic mass is 9.90. The number of likely N-dealkylation sites (tertiary alicyclic amines) is 1. The molecule has 0 bridgehead atoms. The third-order valence-electron chi connectivity index (χ3n) is 4.22. The van der Waals surface area contributed by atoms with Crippen LogP contribution in [0.1, 0.15) is 33.1 Å². The van der Waals surface area contributed by atoms with E-state index in [1.807, 2.05) is 0 Å². The first kappa shape index (κ1) is 13.3. The number of hydrogen-bond donors (Lipinski definition) is 1. The number of nitrogens with zero attached hydrogens (tertiary/aromatic N) is 1. The molecule has 0 aromatic heterocycles. The van der Waals surface area contributed by atoms with Gasteiger partial charge in [0.2, 0.25) is 0 Å². The summed E-state index contributed by atoms with van der Waals surface area (Å²) >= 11 is 0. The van der Waals surface area contributed by atoms with Crippen molar-refractivity contribution in [2.75, 3.05) is 19.6 Å². The van der Waals surface area contributed by atoms with Gasteiger partial charge in [0, 0.05) is 19.1 Å². The number of hydrogen-bond acceptors (Lipinski definition) is 2. The van der Waals surface area contributed by atoms with E-state index in [0.717, 1.165) is 24.3 Å². The van der Waals surface area contributed by atoms with Gasteiger partial charge >= 0.3 is 0 Å². The van der Waals surface area contributed by atoms with Gasteiger partial charge in [0.15, 0.2) is 0 Å². The second-order valence-electron chi connectivity index (χ2n) is 5.39. The molecule has 1 aliphatic heterocycles. The summed E-state index contributed by atoms with van der Waals surface area (Å²) in [7, 11) is 0. The van der Waals surface area contributed by atoms with Crippen LogP contribution in [0.2, 0.25) is 0 Å². The van der Waals surface area contributed by atoms with Crippen molar-refractivity contribution in [1.82, 2.24) is 4.90 Å². The van der Waals surface area contributed by atoms with Gasteiger partial charge in [-0.1, -0.05) is 13.8 Å². The largest absolute Gasteiger partial charge is 0.329 e. The molecular formula is C12H25ClN2. The van der Waals surface area contributed by atoms with E-state index in [1.165, 1.54) is 32.4 Å². The Balaban J connectivity index is 0.00000112. The summed E-state index contributed by atoms with van der Waals surface area (Å²) < 4.78 is 0. The number of halogens is 1. The standard InChI is InChI=1S/C12H24N2.ClH/c1-9-4-3-5-14(12(9)7-13)8-11-6-10(11)2;/h9-12H,3-8,13H2,1-2H3;1H. The summed E-state index contributed by atoms with van der Waals surface area (Å²) in [6.07, 6.45) is 4.19. The molecule has 0 aromatic rings. The molecule has 1 aliphatic carbocycles. The van der Waals surface area contributed by atoms with Crippen LogP contribution in [0.15, 0.2) is 0 Å². The zero-order valence-electron chi connectivity index (χ0n) is 9.98. The quantitative estimate of drug-likeness (QED) is 0.808. The third-order valence-corrected chi connectivity index (χ3v) is 4.22. The molecule has 0 spiro atoms. The highest BCUT2D eigenvalue weighted by Crippen LogP contribution is 2.39. The Morgan fingerprint density at radius 1 is 1.27 bits per heavy atom. The van der Waals surface area contributed by atoms with Gasteiger partial charge in [0.25, 0.3) is 0 Å². The van der Waals surface area contributed by atoms with Gasteiger partial charge in [-0.05, 0) is 43.6 Å². The van der Waals surface area contributed by atoms with Gasteiger partial charge in [-0.3, -0.25) is 4.90 Å². The zero-order chi connectivity index (χ0) is 10.1. The van der Waals surface area contributed by atoms with E-state index in [1.54, 1.807) is 0 Å². The maximum Gasteiger partial charge on any atom is 0.0244 e. The Bertz CT molecular complexity index is 198. The SMILES string of the molecule is CC1CC1CN1CCCC(C)C1CN.Cl. The van der Waals surface area contributed by atoms with Crippen LogP contribution < -0.4 is 5.73 Å². The molecular weight excluding hydrogens is 208 g/mol. The lowest BCUT2D eigenvalue weighted by Crippen LogP contribution is -2.49. The molecule has 2 aliphatic rings. The van der Waals surface area contributed by atoms with Crippen molar-refractivity contribution < 1.29 is 0 Å². The van der Waals surface area contributed by atoms with Gasteiger partial charge < -0.3 is 5.73 Å². The van der Waals surface area contributed by atoms with Gasteiger partial charge in [0.05, 0.1) is 0 Å². The highest BCUT2D eigenvalue weighted by Gasteiger charge is 2.37. The Hall–Kier alpha value is 0.210. The van der Waals surface area contributed by atoms with Crippen LogP contribution in [-0.4, -0.2) is 30.6 Å². The normalized spacial score (nSPS) is 41.0. The minimum absolute atomic E-state index is 0. The molecule has 1 saturated carbocycles. The molecule has 4 unspecified atom stereocenters. The van der Waals surface area contributed by atoms with Crippen molar-refractivity contribution in [3.8, 4) is 0 Å². The Kier molecular flexibility index (Phi) is 4.88. The first-order valence-electron chi connectivity index (χ1n) is 6.16. The molecule has 15 heavy (non-hydrogen) atoms. The number of rotatable bonds is 3. The van der Waals surface area contributed by atoms with Crippen LogP contribution in [0.25, 0.3) is 0 Å². The smallest absolute Gasteiger partial charge is 0.0244 e. The lowest BCUT2D eigenvalue weighted by Gasteiger charge is -2.39. The molecule has 4 atom stereocenters. The molecule has 0 aromatic carbocycles. The molecule has 2 nitrogen and oxygen atoms in total. The lowest BCUT2D eigenvalue weighted by molar-refractivity contribution is 0.0999. The number of piperidine rings is 1. The summed E-state index contributed by atoms with van der Waals surface area (Å²) in [6, 6.07) is 0.663. The maximum absolute atomic E-state index is 5.87. The molecule has 2 rings (SSSR count). The first-order chi connectivity index (χ1) is 6.72. The molecule has 1 saturated heterocycles. The molecule has 90 valence electrons. The highest BCUT2D eigenvalue weighted by atomic mass is 35.5. The van der Waals surface area contributed by atoms with E-state index in [2.05, 4.69) is 18.7 Å². The van der Waals surface area contributed by atoms with Crippen molar-refractivity contribution in [2.45, 2.75) is 39.2 Å². The molecule has 0 radical (unpaired) electrons. The first-order valence-corrected chi connectivity index (χ1v) is 6.16. The molecule has 3 heteroatoms. The second kappa shape index (κ2) is 5.51. The van der Waals surface area contributed by atoms with Crippen molar-refractivity contribution >= 4 is 12.4 Å². The fourth-order valence-electron chi connectivity index (χ4n) is 2.90. The van der Waals surface area contributed by atoms with Crippen molar-refractivity contribution in [2.24, 2.45) is 23.5 Å². The van der Waals surface area contributed by atoms with E-state index in [9.17, 15) is 0 Å². The Morgan fingerprint density at radius 2 is 1.93 bits per heavy atom. The second-order valence-corrected chi connectivity index (χ2v) is 5.39. The van der Waals surface area contributed by atoms with Crippen LogP contribution in [0.4, 0.5) is 0 Å². The summed E-state index contributed by atoms with van der Waals surface area (Å²) in [6.45, 7) is 8.18. The molecule has 1 heterocycles. The van der Waals surface area contributed by atoms with Crippen molar-refractivity contribution in [3.05, 3.63) is 0 Å². The summed E-state index contributed by atoms with van der Waals surface area (Å²) in [4.78, 5) is 2.66. The van der Waals surface area contributed by atoms with E-state index < -0.39 is 0 Å². The van der Waals surface area contributed by atoms with Gasteiger partial charge in [-0.15, -0.1) is 12.4 Å². The van der Waals surface area contributed by atoms with Crippen molar-refractivity contribution in [3.63, 3.8) is 0 Å². The molecule has 0 amide bonds. The predicted molar refractivity (Wildman–Crippen MR) is 67.3 cm³/mol. The summed E-state index contributed by atoms with van der Waals surface area (Å²) in [5.41, 5.74) is 5.87. The minimum Gasteiger partial charge on any atom is -0.329 e. The topological polar surface area (TPSA) is 29.3 Å².